The number of non-ortho nitro benzene ring substituents is 1. The summed E-state index contributed by atoms with van der Waals surface area (Å²) >= 11 is 1.22. The third-order valence-electron chi connectivity index (χ3n) is 3.48. The van der Waals surface area contributed by atoms with Crippen LogP contribution in [0.3, 0.4) is 0 Å². The molecular formula is C16H12FN3O3S. The molecule has 6 nitrogen and oxygen atoms in total. The number of nitrogens with zero attached hydrogens (tertiary/aromatic N) is 3. The molecule has 0 fully saturated rings. The van der Waals surface area contributed by atoms with Crippen molar-refractivity contribution in [1.29, 1.82) is 0 Å². The number of nitro groups is 1. The topological polar surface area (TPSA) is 77.5 Å². The fourth-order valence-corrected chi connectivity index (χ4v) is 3.43. The Morgan fingerprint density at radius 3 is 2.62 bits per heavy atom. The number of amides is 1. The van der Waals surface area contributed by atoms with Crippen molar-refractivity contribution in [2.45, 2.75) is 13.5 Å². The fraction of sp³-hybridized carbons (Fsp3) is 0.125. The first-order valence-corrected chi connectivity index (χ1v) is 7.93. The molecule has 3 rings (SSSR count). The first-order valence-electron chi connectivity index (χ1n) is 7.12. The molecule has 2 aromatic carbocycles. The van der Waals surface area contributed by atoms with Gasteiger partial charge in [-0.3, -0.25) is 14.9 Å². The second-order valence-electron chi connectivity index (χ2n) is 4.96. The van der Waals surface area contributed by atoms with E-state index in [2.05, 4.69) is 4.99 Å². The first kappa shape index (κ1) is 16.0. The van der Waals surface area contributed by atoms with Crippen LogP contribution in [0.5, 0.6) is 0 Å². The highest BCUT2D eigenvalue weighted by Gasteiger charge is 2.11. The average molecular weight is 345 g/mol. The lowest BCUT2D eigenvalue weighted by Gasteiger charge is -2.00. The summed E-state index contributed by atoms with van der Waals surface area (Å²) in [6.07, 6.45) is 0. The molecular weight excluding hydrogens is 333 g/mol. The average Bonchev–Trinajstić information content (AvgIpc) is 2.90. The number of fused-ring (bicyclic) bond motifs is 1. The molecule has 0 spiro atoms. The Hall–Kier alpha value is -2.87. The Labute approximate surface area is 139 Å². The summed E-state index contributed by atoms with van der Waals surface area (Å²) in [5.41, 5.74) is 0.971. The van der Waals surface area contributed by atoms with Gasteiger partial charge in [-0.2, -0.15) is 4.99 Å². The molecule has 0 atom stereocenters. The van der Waals surface area contributed by atoms with Crippen molar-refractivity contribution in [3.05, 3.63) is 68.8 Å². The lowest BCUT2D eigenvalue weighted by atomic mass is 10.2. The molecule has 0 saturated carbocycles. The summed E-state index contributed by atoms with van der Waals surface area (Å²) in [6, 6.07) is 9.68. The van der Waals surface area contributed by atoms with Crippen molar-refractivity contribution >= 4 is 33.1 Å². The number of carbonyl (C=O) groups excluding carboxylic acids is 1. The van der Waals surface area contributed by atoms with Crippen LogP contribution in [0.2, 0.25) is 0 Å². The molecule has 0 aliphatic carbocycles. The summed E-state index contributed by atoms with van der Waals surface area (Å²) in [5, 5.41) is 10.6. The smallest absolute Gasteiger partial charge is 0.279 e. The number of nitro benzene ring substituents is 1. The highest BCUT2D eigenvalue weighted by molar-refractivity contribution is 7.16. The summed E-state index contributed by atoms with van der Waals surface area (Å²) in [5.74, 6) is -0.848. The number of thiazole rings is 1. The molecule has 0 aliphatic rings. The van der Waals surface area contributed by atoms with Gasteiger partial charge < -0.3 is 4.57 Å². The number of halogens is 1. The van der Waals surface area contributed by atoms with E-state index in [-0.39, 0.29) is 17.1 Å². The first-order chi connectivity index (χ1) is 11.5. The maximum atomic E-state index is 13.4. The van der Waals surface area contributed by atoms with Gasteiger partial charge in [-0.15, -0.1) is 0 Å². The van der Waals surface area contributed by atoms with Crippen LogP contribution in [-0.4, -0.2) is 15.4 Å². The van der Waals surface area contributed by atoms with Gasteiger partial charge in [-0.05, 0) is 37.3 Å². The van der Waals surface area contributed by atoms with Crippen LogP contribution in [0.4, 0.5) is 10.1 Å². The van der Waals surface area contributed by atoms with Crippen molar-refractivity contribution in [2.24, 2.45) is 4.99 Å². The molecule has 0 N–H and O–H groups in total. The largest absolute Gasteiger partial charge is 0.317 e. The van der Waals surface area contributed by atoms with E-state index in [0.717, 1.165) is 5.52 Å². The Morgan fingerprint density at radius 2 is 2.00 bits per heavy atom. The molecule has 3 aromatic rings. The highest BCUT2D eigenvalue weighted by atomic mass is 32.1. The third-order valence-corrected chi connectivity index (χ3v) is 4.52. The van der Waals surface area contributed by atoms with Crippen molar-refractivity contribution < 1.29 is 14.1 Å². The summed E-state index contributed by atoms with van der Waals surface area (Å²) in [7, 11) is 0. The van der Waals surface area contributed by atoms with Crippen molar-refractivity contribution in [1.82, 2.24) is 4.57 Å². The molecule has 24 heavy (non-hydrogen) atoms. The Balaban J connectivity index is 2.05. The van der Waals surface area contributed by atoms with Crippen LogP contribution >= 0.6 is 11.3 Å². The Bertz CT molecular complexity index is 1010. The zero-order chi connectivity index (χ0) is 17.3. The maximum Gasteiger partial charge on any atom is 0.279 e. The number of benzene rings is 2. The van der Waals surface area contributed by atoms with Gasteiger partial charge in [-0.25, -0.2) is 4.39 Å². The number of aryl methyl sites for hydroxylation is 1. The lowest BCUT2D eigenvalue weighted by Crippen LogP contribution is -2.15. The number of hydrogen-bond donors (Lipinski definition) is 0. The minimum atomic E-state index is -0.531. The zero-order valence-electron chi connectivity index (χ0n) is 12.6. The normalized spacial score (nSPS) is 11.8. The summed E-state index contributed by atoms with van der Waals surface area (Å²) < 4.78 is 15.9. The van der Waals surface area contributed by atoms with E-state index in [9.17, 15) is 19.3 Å². The molecule has 0 aliphatic heterocycles. The van der Waals surface area contributed by atoms with E-state index in [1.165, 1.54) is 47.7 Å². The van der Waals surface area contributed by atoms with Crippen molar-refractivity contribution in [3.63, 3.8) is 0 Å². The SMILES string of the molecule is CCn1c(=NC(=O)c2ccc([N+](=O)[O-])cc2)sc2cc(F)ccc21. The number of aromatic nitrogens is 1. The van der Waals surface area contributed by atoms with E-state index in [1.54, 1.807) is 6.07 Å². The molecule has 0 radical (unpaired) electrons. The second kappa shape index (κ2) is 6.32. The highest BCUT2D eigenvalue weighted by Crippen LogP contribution is 2.19. The number of carbonyl (C=O) groups is 1. The van der Waals surface area contributed by atoms with Gasteiger partial charge in [0.25, 0.3) is 11.6 Å². The molecule has 0 saturated heterocycles. The standard InChI is InChI=1S/C16H12FN3O3S/c1-2-19-13-8-5-11(17)9-14(13)24-16(19)18-15(21)10-3-6-12(7-4-10)20(22)23/h3-9H,2H2,1H3. The van der Waals surface area contributed by atoms with Gasteiger partial charge in [0.15, 0.2) is 4.80 Å². The maximum absolute atomic E-state index is 13.4. The van der Waals surface area contributed by atoms with Crippen LogP contribution in [0.15, 0.2) is 47.5 Å². The molecule has 0 unspecified atom stereocenters. The fourth-order valence-electron chi connectivity index (χ4n) is 2.32. The quantitative estimate of drug-likeness (QED) is 0.538. The number of rotatable bonds is 3. The molecule has 1 amide bonds. The van der Waals surface area contributed by atoms with Crippen molar-refractivity contribution in [2.75, 3.05) is 0 Å². The predicted molar refractivity (Wildman–Crippen MR) is 88.4 cm³/mol. The van der Waals surface area contributed by atoms with E-state index >= 15 is 0 Å². The van der Waals surface area contributed by atoms with E-state index in [0.29, 0.717) is 16.0 Å². The lowest BCUT2D eigenvalue weighted by molar-refractivity contribution is -0.384. The minimum Gasteiger partial charge on any atom is -0.317 e. The van der Waals surface area contributed by atoms with Crippen LogP contribution in [0, 0.1) is 15.9 Å². The van der Waals surface area contributed by atoms with Gasteiger partial charge in [0.1, 0.15) is 5.82 Å². The van der Waals surface area contributed by atoms with E-state index in [1.807, 2.05) is 11.5 Å². The van der Waals surface area contributed by atoms with Gasteiger partial charge in [0, 0.05) is 24.2 Å². The monoisotopic (exact) mass is 345 g/mol. The van der Waals surface area contributed by atoms with E-state index in [4.69, 9.17) is 0 Å². The Kier molecular flexibility index (Phi) is 4.22. The molecule has 122 valence electrons. The summed E-state index contributed by atoms with van der Waals surface area (Å²) in [4.78, 5) is 27.0. The molecule has 0 bridgehead atoms. The van der Waals surface area contributed by atoms with Crippen LogP contribution in [0.1, 0.15) is 17.3 Å². The van der Waals surface area contributed by atoms with Crippen LogP contribution in [0.25, 0.3) is 10.2 Å². The van der Waals surface area contributed by atoms with Gasteiger partial charge in [0.05, 0.1) is 15.1 Å². The van der Waals surface area contributed by atoms with Gasteiger partial charge in [0.2, 0.25) is 0 Å². The third kappa shape index (κ3) is 2.95. The zero-order valence-corrected chi connectivity index (χ0v) is 13.4. The molecule has 8 heteroatoms. The minimum absolute atomic E-state index is 0.0903. The number of hydrogen-bond acceptors (Lipinski definition) is 4. The van der Waals surface area contributed by atoms with Gasteiger partial charge >= 0.3 is 0 Å². The molecule has 1 heterocycles. The Morgan fingerprint density at radius 1 is 1.29 bits per heavy atom. The predicted octanol–water partition coefficient (Wildman–Crippen LogP) is 3.51. The van der Waals surface area contributed by atoms with Crippen LogP contribution < -0.4 is 4.80 Å². The van der Waals surface area contributed by atoms with Crippen molar-refractivity contribution in [3.8, 4) is 0 Å². The van der Waals surface area contributed by atoms with Crippen LogP contribution in [-0.2, 0) is 6.54 Å². The van der Waals surface area contributed by atoms with Gasteiger partial charge in [-0.1, -0.05) is 11.3 Å². The summed E-state index contributed by atoms with van der Waals surface area (Å²) in [6.45, 7) is 2.49. The molecule has 1 aromatic heterocycles. The second-order valence-corrected chi connectivity index (χ2v) is 5.97. The van der Waals surface area contributed by atoms with E-state index < -0.39 is 10.8 Å².